The molecule has 2 atom stereocenters. The molecule has 98 valence electrons. The molecule has 1 N–H and O–H groups in total. The Morgan fingerprint density at radius 1 is 1.39 bits per heavy atom. The normalized spacial score (nSPS) is 27.4. The van der Waals surface area contributed by atoms with Gasteiger partial charge in [-0.3, -0.25) is 9.69 Å². The van der Waals surface area contributed by atoms with E-state index in [4.69, 9.17) is 0 Å². The van der Waals surface area contributed by atoms with Gasteiger partial charge in [-0.2, -0.15) is 0 Å². The highest BCUT2D eigenvalue weighted by molar-refractivity contribution is 9.12. The van der Waals surface area contributed by atoms with E-state index in [1.807, 2.05) is 6.07 Å². The van der Waals surface area contributed by atoms with Crippen LogP contribution in [0.1, 0.15) is 29.6 Å². The maximum Gasteiger partial charge on any atom is 0.253 e. The van der Waals surface area contributed by atoms with E-state index in [1.54, 1.807) is 0 Å². The lowest BCUT2D eigenvalue weighted by molar-refractivity contribution is 0.0929. The average molecular weight is 394 g/mol. The van der Waals surface area contributed by atoms with Crippen LogP contribution in [0, 0.1) is 0 Å². The number of thiophene rings is 1. The first-order valence-corrected chi connectivity index (χ1v) is 8.55. The molecule has 2 aliphatic rings. The molecule has 0 radical (unpaired) electrons. The Labute approximate surface area is 127 Å². The number of carbonyl (C=O) groups excluding carboxylic acids is 1. The van der Waals surface area contributed by atoms with Gasteiger partial charge >= 0.3 is 0 Å². The van der Waals surface area contributed by atoms with Crippen LogP contribution in [0.25, 0.3) is 0 Å². The van der Waals surface area contributed by atoms with E-state index in [-0.39, 0.29) is 5.91 Å². The minimum Gasteiger partial charge on any atom is -0.348 e. The molecular formula is C12H14Br2N2OS. The maximum absolute atomic E-state index is 12.2. The molecule has 1 amide bonds. The lowest BCUT2D eigenvalue weighted by atomic mass is 10.1. The van der Waals surface area contributed by atoms with Crippen LogP contribution in [0.15, 0.2) is 13.6 Å². The zero-order chi connectivity index (χ0) is 12.7. The van der Waals surface area contributed by atoms with Crippen molar-refractivity contribution in [2.45, 2.75) is 31.3 Å². The van der Waals surface area contributed by atoms with E-state index in [2.05, 4.69) is 42.1 Å². The average Bonchev–Trinajstić information content (AvgIpc) is 2.96. The molecule has 0 bridgehead atoms. The maximum atomic E-state index is 12.2. The molecular weight excluding hydrogens is 380 g/mol. The first-order valence-electron chi connectivity index (χ1n) is 6.15. The summed E-state index contributed by atoms with van der Waals surface area (Å²) in [5.74, 6) is 0.0441. The Kier molecular flexibility index (Phi) is 3.80. The van der Waals surface area contributed by atoms with Gasteiger partial charge < -0.3 is 5.32 Å². The summed E-state index contributed by atoms with van der Waals surface area (Å²) < 4.78 is 1.88. The van der Waals surface area contributed by atoms with E-state index in [0.717, 1.165) is 26.1 Å². The molecule has 2 unspecified atom stereocenters. The third-order valence-electron chi connectivity index (χ3n) is 3.82. The van der Waals surface area contributed by atoms with Crippen LogP contribution in [0.5, 0.6) is 0 Å². The Balaban J connectivity index is 1.69. The fourth-order valence-corrected chi connectivity index (χ4v) is 5.79. The first kappa shape index (κ1) is 13.1. The Morgan fingerprint density at radius 2 is 2.22 bits per heavy atom. The van der Waals surface area contributed by atoms with Crippen molar-refractivity contribution in [3.05, 3.63) is 19.2 Å². The SMILES string of the molecule is O=C(NC1CCN2CCCC12)c1cc(Br)sc1Br. The summed E-state index contributed by atoms with van der Waals surface area (Å²) in [6.07, 6.45) is 3.57. The van der Waals surface area contributed by atoms with Gasteiger partial charge in [-0.25, -0.2) is 0 Å². The smallest absolute Gasteiger partial charge is 0.253 e. The number of amides is 1. The second-order valence-corrected chi connectivity index (χ2v) is 8.60. The van der Waals surface area contributed by atoms with Crippen LogP contribution < -0.4 is 5.32 Å². The van der Waals surface area contributed by atoms with Crippen molar-refractivity contribution in [3.63, 3.8) is 0 Å². The molecule has 3 nitrogen and oxygen atoms in total. The quantitative estimate of drug-likeness (QED) is 0.836. The summed E-state index contributed by atoms with van der Waals surface area (Å²) >= 11 is 8.39. The van der Waals surface area contributed by atoms with Gasteiger partial charge in [0, 0.05) is 18.6 Å². The molecule has 3 heterocycles. The Hall–Kier alpha value is 0.0900. The predicted octanol–water partition coefficient (Wildman–Crippen LogP) is 3.24. The minimum absolute atomic E-state index is 0.0441. The summed E-state index contributed by atoms with van der Waals surface area (Å²) in [4.78, 5) is 14.8. The van der Waals surface area contributed by atoms with Crippen LogP contribution in [0.2, 0.25) is 0 Å². The van der Waals surface area contributed by atoms with Crippen molar-refractivity contribution in [2.24, 2.45) is 0 Å². The number of carbonyl (C=O) groups is 1. The Morgan fingerprint density at radius 3 is 2.94 bits per heavy atom. The van der Waals surface area contributed by atoms with Gasteiger partial charge in [0.1, 0.15) is 0 Å². The van der Waals surface area contributed by atoms with Gasteiger partial charge in [0.25, 0.3) is 5.91 Å². The van der Waals surface area contributed by atoms with Gasteiger partial charge in [0.15, 0.2) is 0 Å². The summed E-state index contributed by atoms with van der Waals surface area (Å²) in [5.41, 5.74) is 0.739. The number of hydrogen-bond donors (Lipinski definition) is 1. The summed E-state index contributed by atoms with van der Waals surface area (Å²) in [7, 11) is 0. The number of nitrogens with one attached hydrogen (secondary N) is 1. The van der Waals surface area contributed by atoms with Gasteiger partial charge in [0.2, 0.25) is 0 Å². The third-order valence-corrected chi connectivity index (χ3v) is 6.16. The largest absolute Gasteiger partial charge is 0.348 e. The van der Waals surface area contributed by atoms with Gasteiger partial charge in [-0.05, 0) is 63.7 Å². The number of rotatable bonds is 2. The van der Waals surface area contributed by atoms with Crippen LogP contribution in [-0.4, -0.2) is 36.0 Å². The molecule has 6 heteroatoms. The predicted molar refractivity (Wildman–Crippen MR) is 80.2 cm³/mol. The molecule has 18 heavy (non-hydrogen) atoms. The van der Waals surface area contributed by atoms with E-state index in [9.17, 15) is 4.79 Å². The molecule has 2 fully saturated rings. The number of fused-ring (bicyclic) bond motifs is 1. The van der Waals surface area contributed by atoms with Gasteiger partial charge in [-0.1, -0.05) is 0 Å². The summed E-state index contributed by atoms with van der Waals surface area (Å²) in [6, 6.07) is 2.77. The minimum atomic E-state index is 0.0441. The molecule has 2 aliphatic heterocycles. The van der Waals surface area contributed by atoms with E-state index >= 15 is 0 Å². The van der Waals surface area contributed by atoms with E-state index < -0.39 is 0 Å². The topological polar surface area (TPSA) is 32.3 Å². The number of halogens is 2. The van der Waals surface area contributed by atoms with Crippen molar-refractivity contribution in [2.75, 3.05) is 13.1 Å². The molecule has 1 aromatic heterocycles. The molecule has 1 aromatic rings. The number of hydrogen-bond acceptors (Lipinski definition) is 3. The molecule has 0 aromatic carbocycles. The van der Waals surface area contributed by atoms with E-state index in [1.165, 1.54) is 30.7 Å². The third kappa shape index (κ3) is 2.40. The highest BCUT2D eigenvalue weighted by Gasteiger charge is 2.38. The molecule has 2 saturated heterocycles. The molecule has 0 aliphatic carbocycles. The van der Waals surface area contributed by atoms with Gasteiger partial charge in [0.05, 0.1) is 13.1 Å². The second-order valence-electron chi connectivity index (χ2n) is 4.85. The summed E-state index contributed by atoms with van der Waals surface area (Å²) in [6.45, 7) is 2.33. The zero-order valence-electron chi connectivity index (χ0n) is 9.79. The number of nitrogens with zero attached hydrogens (tertiary/aromatic N) is 1. The molecule has 0 saturated carbocycles. The fraction of sp³-hybridized carbons (Fsp3) is 0.583. The highest BCUT2D eigenvalue weighted by atomic mass is 79.9. The van der Waals surface area contributed by atoms with Gasteiger partial charge in [-0.15, -0.1) is 11.3 Å². The van der Waals surface area contributed by atoms with Crippen molar-refractivity contribution in [1.29, 1.82) is 0 Å². The van der Waals surface area contributed by atoms with E-state index in [0.29, 0.717) is 12.1 Å². The lowest BCUT2D eigenvalue weighted by Gasteiger charge is -2.21. The molecule has 0 spiro atoms. The zero-order valence-corrected chi connectivity index (χ0v) is 13.8. The van der Waals surface area contributed by atoms with Crippen molar-refractivity contribution >= 4 is 49.1 Å². The standard InChI is InChI=1S/C12H14Br2N2OS/c13-10-6-7(11(14)18-10)12(17)15-8-3-5-16-4-1-2-9(8)16/h6,8-9H,1-5H2,(H,15,17). The van der Waals surface area contributed by atoms with Crippen LogP contribution in [-0.2, 0) is 0 Å². The molecule has 3 rings (SSSR count). The summed E-state index contributed by atoms with van der Waals surface area (Å²) in [5, 5.41) is 3.20. The van der Waals surface area contributed by atoms with Crippen molar-refractivity contribution in [3.8, 4) is 0 Å². The fourth-order valence-electron chi connectivity index (χ4n) is 2.99. The first-order chi connectivity index (χ1) is 8.65. The lowest BCUT2D eigenvalue weighted by Crippen LogP contribution is -2.42. The van der Waals surface area contributed by atoms with Crippen LogP contribution in [0.3, 0.4) is 0 Å². The van der Waals surface area contributed by atoms with Crippen molar-refractivity contribution in [1.82, 2.24) is 10.2 Å². The monoisotopic (exact) mass is 392 g/mol. The van der Waals surface area contributed by atoms with Crippen molar-refractivity contribution < 1.29 is 4.79 Å². The van der Waals surface area contributed by atoms with Crippen LogP contribution in [0.4, 0.5) is 0 Å². The highest BCUT2D eigenvalue weighted by Crippen LogP contribution is 2.33. The second kappa shape index (κ2) is 5.23. The van der Waals surface area contributed by atoms with Crippen LogP contribution >= 0.6 is 43.2 Å². The Bertz CT molecular complexity index is 477.